The van der Waals surface area contributed by atoms with Gasteiger partial charge in [-0.3, -0.25) is 4.57 Å². The number of aromatic nitrogens is 3. The summed E-state index contributed by atoms with van der Waals surface area (Å²) in [7, 11) is -2.72. The highest BCUT2D eigenvalue weighted by Crippen LogP contribution is 2.37. The molecule has 0 saturated heterocycles. The topological polar surface area (TPSA) is 32.0 Å². The molecule has 0 radical (unpaired) electrons. The van der Waals surface area contributed by atoms with Crippen LogP contribution in [-0.2, 0) is 6.61 Å². The van der Waals surface area contributed by atoms with Crippen LogP contribution in [0.15, 0.2) is 176 Å². The number of rotatable bonds is 5. The standard InChI is InChI=1S/C44H31N3OSi/c1-4-14-33(15-5-1)49(34-16-6-2-7-17-34,35-18-8-3-9-19-35)36-26-27-38-37-20-10-12-22-40(37)46(43(38)29-36)32-25-24-31-30-48-44-45-39-21-11-13-23-41(39)47(44)42(31)28-32/h1-29H,30H2. The summed E-state index contributed by atoms with van der Waals surface area (Å²) in [4.78, 5) is 4.81. The summed E-state index contributed by atoms with van der Waals surface area (Å²) in [5, 5.41) is 7.92. The van der Waals surface area contributed by atoms with Crippen molar-refractivity contribution in [2.45, 2.75) is 6.61 Å². The molecule has 232 valence electrons. The van der Waals surface area contributed by atoms with Gasteiger partial charge in [0.15, 0.2) is 8.07 Å². The second kappa shape index (κ2) is 10.9. The van der Waals surface area contributed by atoms with E-state index in [1.54, 1.807) is 0 Å². The first kappa shape index (κ1) is 27.9. The minimum Gasteiger partial charge on any atom is -0.459 e. The average Bonchev–Trinajstić information content (AvgIpc) is 3.72. The van der Waals surface area contributed by atoms with Gasteiger partial charge in [-0.1, -0.05) is 140 Å². The maximum Gasteiger partial charge on any atom is 0.302 e. The van der Waals surface area contributed by atoms with Gasteiger partial charge < -0.3 is 9.30 Å². The minimum absolute atomic E-state index is 0.496. The van der Waals surface area contributed by atoms with Crippen LogP contribution in [-0.4, -0.2) is 22.2 Å². The number of para-hydroxylation sites is 3. The Morgan fingerprint density at radius 2 is 1.06 bits per heavy atom. The number of nitrogens with zero attached hydrogens (tertiary/aromatic N) is 3. The van der Waals surface area contributed by atoms with Gasteiger partial charge in [-0.15, -0.1) is 0 Å². The fraction of sp³-hybridized carbons (Fsp3) is 0.0227. The molecule has 2 aromatic heterocycles. The molecule has 10 rings (SSSR count). The van der Waals surface area contributed by atoms with E-state index in [2.05, 4.69) is 173 Å². The molecule has 0 unspecified atom stereocenters. The number of imidazole rings is 1. The Morgan fingerprint density at radius 1 is 0.469 bits per heavy atom. The highest BCUT2D eigenvalue weighted by Gasteiger charge is 2.41. The first-order valence-electron chi connectivity index (χ1n) is 16.7. The van der Waals surface area contributed by atoms with Crippen LogP contribution in [0.1, 0.15) is 5.56 Å². The number of benzene rings is 7. The van der Waals surface area contributed by atoms with Crippen molar-refractivity contribution in [2.24, 2.45) is 0 Å². The molecule has 0 amide bonds. The fourth-order valence-electron chi connectivity index (χ4n) is 8.04. The molecule has 1 aliphatic heterocycles. The van der Waals surface area contributed by atoms with E-state index < -0.39 is 8.07 Å². The average molecular weight is 646 g/mol. The highest BCUT2D eigenvalue weighted by atomic mass is 28.3. The fourth-order valence-corrected chi connectivity index (χ4v) is 12.8. The monoisotopic (exact) mass is 645 g/mol. The first-order valence-corrected chi connectivity index (χ1v) is 18.7. The molecular formula is C44H31N3OSi. The van der Waals surface area contributed by atoms with Crippen LogP contribution in [0.3, 0.4) is 0 Å². The summed E-state index contributed by atoms with van der Waals surface area (Å²) in [5.41, 5.74) is 7.72. The van der Waals surface area contributed by atoms with Crippen LogP contribution in [0.25, 0.3) is 44.2 Å². The maximum atomic E-state index is 6.13. The van der Waals surface area contributed by atoms with E-state index >= 15 is 0 Å². The second-order valence-electron chi connectivity index (χ2n) is 12.8. The molecule has 49 heavy (non-hydrogen) atoms. The zero-order valence-corrected chi connectivity index (χ0v) is 27.7. The SMILES string of the molecule is c1ccc([Si](c2ccccc2)(c2ccccc2)c2ccc3c4ccccc4n(-c4ccc5c(c4)-n4c(nc6ccccc64)OC5)c3c2)cc1. The Balaban J connectivity index is 1.28. The predicted molar refractivity (Wildman–Crippen MR) is 203 cm³/mol. The summed E-state index contributed by atoms with van der Waals surface area (Å²) in [5.74, 6) is 0. The Bertz CT molecular complexity index is 2560. The maximum absolute atomic E-state index is 6.13. The van der Waals surface area contributed by atoms with Gasteiger partial charge in [0.1, 0.15) is 6.61 Å². The van der Waals surface area contributed by atoms with Crippen molar-refractivity contribution >= 4 is 61.7 Å². The number of fused-ring (bicyclic) bond motifs is 8. The van der Waals surface area contributed by atoms with Gasteiger partial charge in [0.25, 0.3) is 0 Å². The summed E-state index contributed by atoms with van der Waals surface area (Å²) >= 11 is 0. The lowest BCUT2D eigenvalue weighted by atomic mass is 10.1. The van der Waals surface area contributed by atoms with Gasteiger partial charge >= 0.3 is 6.01 Å². The molecule has 0 fully saturated rings. The van der Waals surface area contributed by atoms with Crippen molar-refractivity contribution in [3.05, 3.63) is 181 Å². The van der Waals surface area contributed by atoms with Crippen LogP contribution in [0.4, 0.5) is 0 Å². The van der Waals surface area contributed by atoms with Crippen molar-refractivity contribution in [1.29, 1.82) is 0 Å². The van der Waals surface area contributed by atoms with Gasteiger partial charge in [-0.2, -0.15) is 4.98 Å². The third-order valence-corrected chi connectivity index (χ3v) is 15.0. The third kappa shape index (κ3) is 4.12. The smallest absolute Gasteiger partial charge is 0.302 e. The zero-order valence-electron chi connectivity index (χ0n) is 26.7. The van der Waals surface area contributed by atoms with Crippen molar-refractivity contribution in [2.75, 3.05) is 0 Å². The Labute approximate surface area is 285 Å². The lowest BCUT2D eigenvalue weighted by Gasteiger charge is -2.34. The molecular weight excluding hydrogens is 615 g/mol. The zero-order chi connectivity index (χ0) is 32.4. The molecule has 3 heterocycles. The van der Waals surface area contributed by atoms with E-state index in [9.17, 15) is 0 Å². The van der Waals surface area contributed by atoms with E-state index in [4.69, 9.17) is 9.72 Å². The third-order valence-electron chi connectivity index (χ3n) is 10.2. The Morgan fingerprint density at radius 3 is 1.76 bits per heavy atom. The van der Waals surface area contributed by atoms with Gasteiger partial charge in [0.2, 0.25) is 0 Å². The van der Waals surface area contributed by atoms with E-state index in [-0.39, 0.29) is 0 Å². The van der Waals surface area contributed by atoms with Gasteiger partial charge in [-0.25, -0.2) is 0 Å². The summed E-state index contributed by atoms with van der Waals surface area (Å²) in [6.07, 6.45) is 0. The first-order chi connectivity index (χ1) is 24.3. The summed E-state index contributed by atoms with van der Waals surface area (Å²) < 4.78 is 10.7. The number of ether oxygens (including phenoxy) is 1. The van der Waals surface area contributed by atoms with Crippen molar-refractivity contribution in [3.8, 4) is 17.4 Å². The van der Waals surface area contributed by atoms with Crippen LogP contribution < -0.4 is 25.5 Å². The van der Waals surface area contributed by atoms with Gasteiger partial charge in [0, 0.05) is 22.0 Å². The van der Waals surface area contributed by atoms with Gasteiger partial charge in [-0.05, 0) is 57.1 Å². The molecule has 0 spiro atoms. The quantitative estimate of drug-likeness (QED) is 0.144. The van der Waals surface area contributed by atoms with Crippen molar-refractivity contribution in [1.82, 2.24) is 14.1 Å². The van der Waals surface area contributed by atoms with Crippen LogP contribution in [0, 0.1) is 0 Å². The molecule has 7 aromatic carbocycles. The van der Waals surface area contributed by atoms with E-state index in [1.807, 2.05) is 12.1 Å². The Kier molecular flexibility index (Phi) is 6.23. The molecule has 0 atom stereocenters. The molecule has 0 bridgehead atoms. The Hall–Kier alpha value is -6.17. The van der Waals surface area contributed by atoms with Crippen LogP contribution >= 0.6 is 0 Å². The summed E-state index contributed by atoms with van der Waals surface area (Å²) in [6, 6.07) is 65.1. The minimum atomic E-state index is -2.72. The largest absolute Gasteiger partial charge is 0.459 e. The normalized spacial score (nSPS) is 12.6. The molecule has 0 saturated carbocycles. The van der Waals surface area contributed by atoms with Gasteiger partial charge in [0.05, 0.1) is 27.8 Å². The van der Waals surface area contributed by atoms with E-state index in [0.717, 1.165) is 28.0 Å². The molecule has 0 aliphatic carbocycles. The molecule has 9 aromatic rings. The number of hydrogen-bond donors (Lipinski definition) is 0. The predicted octanol–water partition coefficient (Wildman–Crippen LogP) is 7.39. The summed E-state index contributed by atoms with van der Waals surface area (Å²) in [6.45, 7) is 0.496. The van der Waals surface area contributed by atoms with Crippen LogP contribution in [0.2, 0.25) is 0 Å². The van der Waals surface area contributed by atoms with Crippen molar-refractivity contribution < 1.29 is 4.74 Å². The second-order valence-corrected chi connectivity index (χ2v) is 16.6. The molecule has 4 nitrogen and oxygen atoms in total. The van der Waals surface area contributed by atoms with Crippen LogP contribution in [0.5, 0.6) is 6.01 Å². The van der Waals surface area contributed by atoms with E-state index in [1.165, 1.54) is 42.6 Å². The van der Waals surface area contributed by atoms with E-state index in [0.29, 0.717) is 12.6 Å². The lowest BCUT2D eigenvalue weighted by Crippen LogP contribution is -2.74. The van der Waals surface area contributed by atoms with Crippen molar-refractivity contribution in [3.63, 3.8) is 0 Å². The molecule has 5 heteroatoms. The lowest BCUT2D eigenvalue weighted by molar-refractivity contribution is 0.265. The highest BCUT2D eigenvalue weighted by molar-refractivity contribution is 7.20. The molecule has 1 aliphatic rings. The number of hydrogen-bond acceptors (Lipinski definition) is 2. The molecule has 0 N–H and O–H groups in total.